The van der Waals surface area contributed by atoms with Gasteiger partial charge in [0.2, 0.25) is 0 Å². The number of nitro groups is 1. The van der Waals surface area contributed by atoms with Gasteiger partial charge in [-0.05, 0) is 24.6 Å². The maximum Gasteiger partial charge on any atom is 0.269 e. The summed E-state index contributed by atoms with van der Waals surface area (Å²) in [4.78, 5) is 36.1. The molecule has 154 valence electrons. The van der Waals surface area contributed by atoms with E-state index in [0.717, 1.165) is 5.56 Å². The first-order chi connectivity index (χ1) is 15.0. The summed E-state index contributed by atoms with van der Waals surface area (Å²) < 4.78 is 6.07. The molecule has 1 N–H and O–H groups in total. The lowest BCUT2D eigenvalue weighted by atomic mass is 10.0. The Morgan fingerprint density at radius 3 is 2.39 bits per heavy atom. The SMILES string of the molecule is Cc1c(-c2ccccc2)oc2c(C(=O)NCc3ccc([N+](=O)[O-])cc3)cccc2c1=O. The largest absolute Gasteiger partial charge is 0.455 e. The van der Waals surface area contributed by atoms with Gasteiger partial charge in [0.25, 0.3) is 11.6 Å². The highest BCUT2D eigenvalue weighted by Gasteiger charge is 2.18. The van der Waals surface area contributed by atoms with Crippen LogP contribution in [0.15, 0.2) is 82.0 Å². The predicted octanol–water partition coefficient (Wildman–Crippen LogP) is 4.61. The van der Waals surface area contributed by atoms with E-state index >= 15 is 0 Å². The van der Waals surface area contributed by atoms with Crippen LogP contribution in [0.2, 0.25) is 0 Å². The number of carbonyl (C=O) groups excluding carboxylic acids is 1. The van der Waals surface area contributed by atoms with Crippen molar-refractivity contribution in [3.05, 3.63) is 110 Å². The average molecular weight is 414 g/mol. The molecule has 0 unspecified atom stereocenters. The Morgan fingerprint density at radius 1 is 1.00 bits per heavy atom. The molecule has 0 atom stereocenters. The monoisotopic (exact) mass is 414 g/mol. The number of benzene rings is 3. The third-order valence-electron chi connectivity index (χ3n) is 5.03. The van der Waals surface area contributed by atoms with Crippen LogP contribution in [0.5, 0.6) is 0 Å². The number of nitrogens with zero attached hydrogens (tertiary/aromatic N) is 1. The zero-order chi connectivity index (χ0) is 22.0. The van der Waals surface area contributed by atoms with Crippen LogP contribution in [0.1, 0.15) is 21.5 Å². The van der Waals surface area contributed by atoms with Crippen molar-refractivity contribution in [2.45, 2.75) is 13.5 Å². The molecule has 3 aromatic carbocycles. The van der Waals surface area contributed by atoms with Crippen molar-refractivity contribution < 1.29 is 14.1 Å². The Bertz CT molecular complexity index is 1340. The molecule has 1 amide bonds. The van der Waals surface area contributed by atoms with Gasteiger partial charge in [0.15, 0.2) is 11.0 Å². The molecule has 4 aromatic rings. The second kappa shape index (κ2) is 8.23. The molecule has 1 aromatic heterocycles. The number of amides is 1. The second-order valence-corrected chi connectivity index (χ2v) is 7.04. The summed E-state index contributed by atoms with van der Waals surface area (Å²) in [6.07, 6.45) is 0. The average Bonchev–Trinajstić information content (AvgIpc) is 2.80. The molecule has 0 aliphatic carbocycles. The Labute approximate surface area is 177 Å². The highest BCUT2D eigenvalue weighted by Crippen LogP contribution is 2.27. The molecule has 7 heteroatoms. The molecular formula is C24H18N2O5. The van der Waals surface area contributed by atoms with Crippen LogP contribution in [0.3, 0.4) is 0 Å². The zero-order valence-corrected chi connectivity index (χ0v) is 16.6. The lowest BCUT2D eigenvalue weighted by Crippen LogP contribution is -2.23. The lowest BCUT2D eigenvalue weighted by Gasteiger charge is -2.11. The van der Waals surface area contributed by atoms with Crippen molar-refractivity contribution in [3.8, 4) is 11.3 Å². The van der Waals surface area contributed by atoms with Gasteiger partial charge in [-0.2, -0.15) is 0 Å². The van der Waals surface area contributed by atoms with Crippen molar-refractivity contribution in [3.63, 3.8) is 0 Å². The van der Waals surface area contributed by atoms with Gasteiger partial charge in [0.05, 0.1) is 15.9 Å². The number of non-ortho nitro benzene ring substituents is 1. The van der Waals surface area contributed by atoms with E-state index in [1.807, 2.05) is 30.3 Å². The first kappa shape index (κ1) is 20.0. The fourth-order valence-electron chi connectivity index (χ4n) is 3.37. The van der Waals surface area contributed by atoms with E-state index in [1.165, 1.54) is 12.1 Å². The quantitative estimate of drug-likeness (QED) is 0.380. The first-order valence-corrected chi connectivity index (χ1v) is 9.59. The molecule has 0 fully saturated rings. The van der Waals surface area contributed by atoms with Gasteiger partial charge in [-0.1, -0.05) is 48.5 Å². The highest BCUT2D eigenvalue weighted by atomic mass is 16.6. The number of hydrogen-bond donors (Lipinski definition) is 1. The second-order valence-electron chi connectivity index (χ2n) is 7.04. The predicted molar refractivity (Wildman–Crippen MR) is 117 cm³/mol. The normalized spacial score (nSPS) is 10.7. The molecule has 0 bridgehead atoms. The molecule has 0 saturated carbocycles. The molecule has 0 saturated heterocycles. The summed E-state index contributed by atoms with van der Waals surface area (Å²) in [5.74, 6) is 0.0173. The smallest absolute Gasteiger partial charge is 0.269 e. The van der Waals surface area contributed by atoms with Crippen molar-refractivity contribution in [2.24, 2.45) is 0 Å². The molecule has 0 aliphatic heterocycles. The van der Waals surface area contributed by atoms with Crippen LogP contribution < -0.4 is 10.7 Å². The zero-order valence-electron chi connectivity index (χ0n) is 16.6. The van der Waals surface area contributed by atoms with E-state index in [-0.39, 0.29) is 28.8 Å². The maximum atomic E-state index is 12.9. The standard InChI is InChI=1S/C24H18N2O5/c1-15-21(27)19-8-5-9-20(23(19)31-22(15)17-6-3-2-4-7-17)24(28)25-14-16-10-12-18(13-11-16)26(29)30/h2-13H,14H2,1H3,(H,25,28). The molecule has 0 radical (unpaired) electrons. The topological polar surface area (TPSA) is 102 Å². The number of nitrogens with one attached hydrogen (secondary N) is 1. The minimum atomic E-state index is -0.479. The van der Waals surface area contributed by atoms with Crippen molar-refractivity contribution >= 4 is 22.6 Å². The van der Waals surface area contributed by atoms with Crippen molar-refractivity contribution in [1.82, 2.24) is 5.32 Å². The summed E-state index contributed by atoms with van der Waals surface area (Å²) in [5.41, 5.74) is 2.19. The van der Waals surface area contributed by atoms with Gasteiger partial charge in [-0.25, -0.2) is 0 Å². The van der Waals surface area contributed by atoms with Crippen LogP contribution >= 0.6 is 0 Å². The molecule has 0 aliphatic rings. The molecule has 1 heterocycles. The minimum absolute atomic E-state index is 0.0188. The van der Waals surface area contributed by atoms with Crippen LogP contribution in [-0.2, 0) is 6.54 Å². The molecule has 7 nitrogen and oxygen atoms in total. The summed E-state index contributed by atoms with van der Waals surface area (Å²) in [5, 5.41) is 13.9. The Kier molecular flexibility index (Phi) is 5.32. The number of para-hydroxylation sites is 1. The van der Waals surface area contributed by atoms with E-state index in [2.05, 4.69) is 5.32 Å². The fourth-order valence-corrected chi connectivity index (χ4v) is 3.37. The lowest BCUT2D eigenvalue weighted by molar-refractivity contribution is -0.384. The number of carbonyl (C=O) groups is 1. The summed E-state index contributed by atoms with van der Waals surface area (Å²) >= 11 is 0. The van der Waals surface area contributed by atoms with Gasteiger partial charge in [-0.15, -0.1) is 0 Å². The van der Waals surface area contributed by atoms with E-state index in [4.69, 9.17) is 4.42 Å². The summed E-state index contributed by atoms with van der Waals surface area (Å²) in [6, 6.07) is 20.1. The maximum absolute atomic E-state index is 12.9. The first-order valence-electron chi connectivity index (χ1n) is 9.59. The Hall–Kier alpha value is -4.26. The van der Waals surface area contributed by atoms with Gasteiger partial charge >= 0.3 is 0 Å². The third-order valence-corrected chi connectivity index (χ3v) is 5.03. The third kappa shape index (κ3) is 3.93. The number of hydrogen-bond acceptors (Lipinski definition) is 5. The van der Waals surface area contributed by atoms with Gasteiger partial charge in [-0.3, -0.25) is 19.7 Å². The van der Waals surface area contributed by atoms with Gasteiger partial charge in [0.1, 0.15) is 5.76 Å². The minimum Gasteiger partial charge on any atom is -0.455 e. The Balaban J connectivity index is 1.68. The highest BCUT2D eigenvalue weighted by molar-refractivity contribution is 6.05. The van der Waals surface area contributed by atoms with Gasteiger partial charge < -0.3 is 9.73 Å². The Morgan fingerprint density at radius 2 is 1.71 bits per heavy atom. The molecule has 0 spiro atoms. The molecular weight excluding hydrogens is 396 g/mol. The van der Waals surface area contributed by atoms with Crippen LogP contribution in [0, 0.1) is 17.0 Å². The summed E-state index contributed by atoms with van der Waals surface area (Å²) in [6.45, 7) is 1.88. The van der Waals surface area contributed by atoms with Crippen molar-refractivity contribution in [1.29, 1.82) is 0 Å². The molecule has 4 rings (SSSR count). The van der Waals surface area contributed by atoms with Crippen LogP contribution in [-0.4, -0.2) is 10.8 Å². The fraction of sp³-hybridized carbons (Fsp3) is 0.0833. The van der Waals surface area contributed by atoms with Crippen LogP contribution in [0.25, 0.3) is 22.3 Å². The van der Waals surface area contributed by atoms with Crippen molar-refractivity contribution in [2.75, 3.05) is 0 Å². The summed E-state index contributed by atoms with van der Waals surface area (Å²) in [7, 11) is 0. The van der Waals surface area contributed by atoms with E-state index in [9.17, 15) is 19.7 Å². The number of nitro benzene ring substituents is 1. The van der Waals surface area contributed by atoms with E-state index < -0.39 is 10.8 Å². The van der Waals surface area contributed by atoms with Crippen LogP contribution in [0.4, 0.5) is 5.69 Å². The number of fused-ring (bicyclic) bond motifs is 1. The van der Waals surface area contributed by atoms with Gasteiger partial charge in [0, 0.05) is 29.8 Å². The number of rotatable bonds is 5. The van der Waals surface area contributed by atoms with E-state index in [1.54, 1.807) is 37.3 Å². The van der Waals surface area contributed by atoms with E-state index in [0.29, 0.717) is 22.3 Å². The molecule has 31 heavy (non-hydrogen) atoms.